The van der Waals surface area contributed by atoms with Crippen LogP contribution in [0.15, 0.2) is 18.2 Å². The molecule has 21 heavy (non-hydrogen) atoms. The van der Waals surface area contributed by atoms with Crippen molar-refractivity contribution in [1.29, 1.82) is 0 Å². The third kappa shape index (κ3) is 3.84. The standard InChI is InChI=1S/C17H24N2O2/c1-3-12-7-5-8-13(4-2)16(12)19-15(20)11-18-17(21)14-9-6-10-14/h5,7-8,14H,3-4,6,9-11H2,1-2H3,(H,18,21)(H,19,20). The van der Waals surface area contributed by atoms with Gasteiger partial charge >= 0.3 is 0 Å². The summed E-state index contributed by atoms with van der Waals surface area (Å²) in [6, 6.07) is 6.08. The molecule has 1 fully saturated rings. The lowest BCUT2D eigenvalue weighted by atomic mass is 9.85. The van der Waals surface area contributed by atoms with Gasteiger partial charge in [-0.3, -0.25) is 9.59 Å². The Labute approximate surface area is 126 Å². The summed E-state index contributed by atoms with van der Waals surface area (Å²) in [4.78, 5) is 23.8. The van der Waals surface area contributed by atoms with Crippen molar-refractivity contribution in [3.8, 4) is 0 Å². The van der Waals surface area contributed by atoms with Crippen LogP contribution < -0.4 is 10.6 Å². The summed E-state index contributed by atoms with van der Waals surface area (Å²) in [6.45, 7) is 4.20. The molecule has 0 unspecified atom stereocenters. The molecular formula is C17H24N2O2. The SMILES string of the molecule is CCc1cccc(CC)c1NC(=O)CNC(=O)C1CCC1. The smallest absolute Gasteiger partial charge is 0.243 e. The zero-order chi connectivity index (χ0) is 15.2. The summed E-state index contributed by atoms with van der Waals surface area (Å²) in [6.07, 6.45) is 4.77. The number of aryl methyl sites for hydroxylation is 2. The van der Waals surface area contributed by atoms with E-state index in [1.807, 2.05) is 18.2 Å². The Kier molecular flexibility index (Phi) is 5.37. The summed E-state index contributed by atoms with van der Waals surface area (Å²) in [5.74, 6) is -0.0268. The summed E-state index contributed by atoms with van der Waals surface area (Å²) < 4.78 is 0. The van der Waals surface area contributed by atoms with Crippen LogP contribution in [0.3, 0.4) is 0 Å². The van der Waals surface area contributed by atoms with E-state index in [9.17, 15) is 9.59 Å². The molecule has 2 amide bonds. The normalized spacial score (nSPS) is 14.4. The van der Waals surface area contributed by atoms with Gasteiger partial charge in [0.1, 0.15) is 0 Å². The molecule has 1 aliphatic carbocycles. The van der Waals surface area contributed by atoms with Crippen LogP contribution in [0, 0.1) is 5.92 Å². The number of hydrogen-bond donors (Lipinski definition) is 2. The van der Waals surface area contributed by atoms with Crippen LogP contribution in [-0.2, 0) is 22.4 Å². The molecule has 4 heteroatoms. The van der Waals surface area contributed by atoms with Gasteiger partial charge in [-0.25, -0.2) is 0 Å². The zero-order valence-corrected chi connectivity index (χ0v) is 12.9. The van der Waals surface area contributed by atoms with Gasteiger partial charge < -0.3 is 10.6 Å². The van der Waals surface area contributed by atoms with Gasteiger partial charge in [0.15, 0.2) is 0 Å². The first-order valence-corrected chi connectivity index (χ1v) is 7.84. The Morgan fingerprint density at radius 3 is 2.24 bits per heavy atom. The molecule has 0 aliphatic heterocycles. The van der Waals surface area contributed by atoms with E-state index in [0.29, 0.717) is 0 Å². The number of carbonyl (C=O) groups excluding carboxylic acids is 2. The van der Waals surface area contributed by atoms with Gasteiger partial charge in [-0.15, -0.1) is 0 Å². The number of nitrogens with one attached hydrogen (secondary N) is 2. The van der Waals surface area contributed by atoms with Gasteiger partial charge in [0.25, 0.3) is 0 Å². The maximum atomic E-state index is 12.1. The molecule has 2 N–H and O–H groups in total. The summed E-state index contributed by atoms with van der Waals surface area (Å²) in [7, 11) is 0. The Balaban J connectivity index is 1.94. The maximum Gasteiger partial charge on any atom is 0.243 e. The number of rotatable bonds is 6. The van der Waals surface area contributed by atoms with E-state index in [-0.39, 0.29) is 24.3 Å². The van der Waals surface area contributed by atoms with Crippen molar-refractivity contribution in [3.05, 3.63) is 29.3 Å². The maximum absolute atomic E-state index is 12.1. The molecule has 0 spiro atoms. The second-order valence-corrected chi connectivity index (χ2v) is 5.55. The van der Waals surface area contributed by atoms with Crippen molar-refractivity contribution in [2.75, 3.05) is 11.9 Å². The van der Waals surface area contributed by atoms with E-state index >= 15 is 0 Å². The first kappa shape index (κ1) is 15.5. The number of benzene rings is 1. The summed E-state index contributed by atoms with van der Waals surface area (Å²) in [5, 5.41) is 5.69. The molecule has 114 valence electrons. The van der Waals surface area contributed by atoms with Crippen molar-refractivity contribution in [2.24, 2.45) is 5.92 Å². The fourth-order valence-corrected chi connectivity index (χ4v) is 2.57. The number of para-hydroxylation sites is 1. The minimum Gasteiger partial charge on any atom is -0.347 e. The van der Waals surface area contributed by atoms with Gasteiger partial charge in [-0.2, -0.15) is 0 Å². The summed E-state index contributed by atoms with van der Waals surface area (Å²) >= 11 is 0. The van der Waals surface area contributed by atoms with Crippen molar-refractivity contribution >= 4 is 17.5 Å². The predicted octanol–water partition coefficient (Wildman–Crippen LogP) is 2.67. The average molecular weight is 288 g/mol. The van der Waals surface area contributed by atoms with Crippen LogP contribution in [0.1, 0.15) is 44.2 Å². The highest BCUT2D eigenvalue weighted by atomic mass is 16.2. The average Bonchev–Trinajstić information content (AvgIpc) is 2.43. The zero-order valence-electron chi connectivity index (χ0n) is 12.9. The van der Waals surface area contributed by atoms with E-state index in [0.717, 1.165) is 48.9 Å². The van der Waals surface area contributed by atoms with Crippen molar-refractivity contribution in [2.45, 2.75) is 46.0 Å². The Bertz CT molecular complexity index is 499. The highest BCUT2D eigenvalue weighted by Gasteiger charge is 2.25. The van der Waals surface area contributed by atoms with Crippen LogP contribution in [-0.4, -0.2) is 18.4 Å². The molecule has 0 heterocycles. The van der Waals surface area contributed by atoms with E-state index in [2.05, 4.69) is 24.5 Å². The summed E-state index contributed by atoms with van der Waals surface area (Å²) in [5.41, 5.74) is 3.17. The van der Waals surface area contributed by atoms with Gasteiger partial charge in [0, 0.05) is 11.6 Å². The lowest BCUT2D eigenvalue weighted by Crippen LogP contribution is -2.39. The molecule has 0 aromatic heterocycles. The lowest BCUT2D eigenvalue weighted by molar-refractivity contribution is -0.129. The molecule has 4 nitrogen and oxygen atoms in total. The Morgan fingerprint density at radius 1 is 1.14 bits per heavy atom. The van der Waals surface area contributed by atoms with Crippen LogP contribution in [0.4, 0.5) is 5.69 Å². The van der Waals surface area contributed by atoms with Crippen molar-refractivity contribution < 1.29 is 9.59 Å². The van der Waals surface area contributed by atoms with Crippen molar-refractivity contribution in [3.63, 3.8) is 0 Å². The van der Waals surface area contributed by atoms with Crippen LogP contribution in [0.2, 0.25) is 0 Å². The Hall–Kier alpha value is -1.84. The quantitative estimate of drug-likeness (QED) is 0.845. The molecule has 1 saturated carbocycles. The van der Waals surface area contributed by atoms with Gasteiger partial charge in [0.05, 0.1) is 6.54 Å². The third-order valence-electron chi connectivity index (χ3n) is 4.16. The largest absolute Gasteiger partial charge is 0.347 e. The topological polar surface area (TPSA) is 58.2 Å². The minimum atomic E-state index is -0.154. The minimum absolute atomic E-state index is 0.0101. The first-order chi connectivity index (χ1) is 10.2. The number of carbonyl (C=O) groups is 2. The molecule has 1 aromatic carbocycles. The molecule has 0 saturated heterocycles. The van der Waals surface area contributed by atoms with E-state index in [4.69, 9.17) is 0 Å². The molecular weight excluding hydrogens is 264 g/mol. The third-order valence-corrected chi connectivity index (χ3v) is 4.16. The molecule has 0 bridgehead atoms. The lowest BCUT2D eigenvalue weighted by Gasteiger charge is -2.24. The van der Waals surface area contributed by atoms with Crippen LogP contribution >= 0.6 is 0 Å². The highest BCUT2D eigenvalue weighted by Crippen LogP contribution is 2.26. The van der Waals surface area contributed by atoms with Crippen LogP contribution in [0.25, 0.3) is 0 Å². The monoisotopic (exact) mass is 288 g/mol. The molecule has 1 aliphatic rings. The van der Waals surface area contributed by atoms with E-state index in [1.54, 1.807) is 0 Å². The van der Waals surface area contributed by atoms with E-state index in [1.165, 1.54) is 0 Å². The highest BCUT2D eigenvalue weighted by molar-refractivity contribution is 5.96. The van der Waals surface area contributed by atoms with Crippen LogP contribution in [0.5, 0.6) is 0 Å². The first-order valence-electron chi connectivity index (χ1n) is 7.84. The van der Waals surface area contributed by atoms with Gasteiger partial charge in [0.2, 0.25) is 11.8 Å². The fourth-order valence-electron chi connectivity index (χ4n) is 2.57. The Morgan fingerprint density at radius 2 is 1.76 bits per heavy atom. The second-order valence-electron chi connectivity index (χ2n) is 5.55. The molecule has 0 atom stereocenters. The van der Waals surface area contributed by atoms with E-state index < -0.39 is 0 Å². The molecule has 0 radical (unpaired) electrons. The van der Waals surface area contributed by atoms with Gasteiger partial charge in [-0.1, -0.05) is 38.5 Å². The number of amides is 2. The number of hydrogen-bond acceptors (Lipinski definition) is 2. The number of anilines is 1. The second kappa shape index (κ2) is 7.25. The molecule has 2 rings (SSSR count). The van der Waals surface area contributed by atoms with Crippen molar-refractivity contribution in [1.82, 2.24) is 5.32 Å². The van der Waals surface area contributed by atoms with Gasteiger partial charge in [-0.05, 0) is 36.8 Å². The predicted molar refractivity (Wildman–Crippen MR) is 84.2 cm³/mol. The molecule has 1 aromatic rings. The fraction of sp³-hybridized carbons (Fsp3) is 0.529.